The van der Waals surface area contributed by atoms with E-state index in [0.717, 1.165) is 52.4 Å². The molecule has 1 aliphatic rings. The molecule has 0 aromatic heterocycles. The number of nitrogens with one attached hydrogen (secondary N) is 1. The summed E-state index contributed by atoms with van der Waals surface area (Å²) in [4.78, 5) is 0. The zero-order valence-electron chi connectivity index (χ0n) is 10.1. The molecule has 1 aliphatic carbocycles. The number of rotatable bonds is 3. The van der Waals surface area contributed by atoms with Crippen molar-refractivity contribution in [2.45, 2.75) is 44.4 Å². The molecule has 1 aromatic rings. The monoisotopic (exact) mass is 376 g/mol. The van der Waals surface area contributed by atoms with Crippen LogP contribution in [0, 0.1) is 0 Å². The van der Waals surface area contributed by atoms with Gasteiger partial charge >= 0.3 is 0 Å². The minimum absolute atomic E-state index is 0.102. The summed E-state index contributed by atoms with van der Waals surface area (Å²) >= 11 is 6.91. The van der Waals surface area contributed by atoms with Crippen molar-refractivity contribution in [3.8, 4) is 0 Å². The van der Waals surface area contributed by atoms with E-state index < -0.39 is 0 Å². The lowest BCUT2D eigenvalue weighted by atomic mass is 9.93. The van der Waals surface area contributed by atoms with Gasteiger partial charge in [0.25, 0.3) is 0 Å². The van der Waals surface area contributed by atoms with Gasteiger partial charge in [0.15, 0.2) is 0 Å². The van der Waals surface area contributed by atoms with E-state index in [1.165, 1.54) is 0 Å². The number of halogens is 2. The Hall–Kier alpha value is -0.100. The summed E-state index contributed by atoms with van der Waals surface area (Å²) < 4.78 is 1.89. The van der Waals surface area contributed by atoms with Gasteiger partial charge in [0.1, 0.15) is 0 Å². The molecule has 0 radical (unpaired) electrons. The molecule has 0 atom stereocenters. The first kappa shape index (κ1) is 14.3. The summed E-state index contributed by atoms with van der Waals surface area (Å²) in [6.45, 7) is 0.776. The number of hydrogen-bond donors (Lipinski definition) is 3. The fourth-order valence-electron chi connectivity index (χ4n) is 2.29. The molecule has 0 amide bonds. The molecular formula is C13H18Br2N2O. The molecule has 4 N–H and O–H groups in total. The van der Waals surface area contributed by atoms with E-state index in [1.54, 1.807) is 0 Å². The summed E-state index contributed by atoms with van der Waals surface area (Å²) in [5.41, 5.74) is 7.96. The van der Waals surface area contributed by atoms with Crippen LogP contribution in [0.4, 0.5) is 5.69 Å². The maximum absolute atomic E-state index is 9.46. The first-order valence-corrected chi connectivity index (χ1v) is 7.80. The molecule has 0 heterocycles. The first-order chi connectivity index (χ1) is 8.58. The number of nitrogen functional groups attached to an aromatic ring is 1. The number of nitrogens with two attached hydrogens (primary N) is 1. The highest BCUT2D eigenvalue weighted by molar-refractivity contribution is 9.13. The lowest BCUT2D eigenvalue weighted by molar-refractivity contribution is 0.116. The fraction of sp³-hybridized carbons (Fsp3) is 0.538. The van der Waals surface area contributed by atoms with Gasteiger partial charge in [0, 0.05) is 17.1 Å². The zero-order valence-corrected chi connectivity index (χ0v) is 13.3. The molecule has 0 spiro atoms. The average molecular weight is 378 g/mol. The van der Waals surface area contributed by atoms with Crippen LogP contribution in [0.2, 0.25) is 0 Å². The predicted molar refractivity (Wildman–Crippen MR) is 81.4 cm³/mol. The van der Waals surface area contributed by atoms with E-state index in [4.69, 9.17) is 5.73 Å². The third-order valence-corrected chi connectivity index (χ3v) is 5.55. The van der Waals surface area contributed by atoms with Crippen molar-refractivity contribution >= 4 is 37.5 Å². The molecule has 0 saturated heterocycles. The van der Waals surface area contributed by atoms with Gasteiger partial charge in [-0.15, -0.1) is 0 Å². The number of anilines is 1. The topological polar surface area (TPSA) is 58.3 Å². The maximum atomic E-state index is 9.46. The van der Waals surface area contributed by atoms with Gasteiger partial charge in [-0.1, -0.05) is 6.07 Å². The van der Waals surface area contributed by atoms with Crippen LogP contribution in [0.3, 0.4) is 0 Å². The van der Waals surface area contributed by atoms with Gasteiger partial charge in [-0.05, 0) is 69.2 Å². The lowest BCUT2D eigenvalue weighted by Gasteiger charge is -2.26. The predicted octanol–water partition coefficient (Wildman–Crippen LogP) is 3.19. The van der Waals surface area contributed by atoms with Crippen LogP contribution in [0.15, 0.2) is 21.1 Å². The minimum Gasteiger partial charge on any atom is -0.398 e. The quantitative estimate of drug-likeness (QED) is 0.709. The normalized spacial score (nSPS) is 24.2. The van der Waals surface area contributed by atoms with Gasteiger partial charge < -0.3 is 16.2 Å². The van der Waals surface area contributed by atoms with E-state index in [2.05, 4.69) is 37.2 Å². The highest BCUT2D eigenvalue weighted by atomic mass is 79.9. The van der Waals surface area contributed by atoms with Crippen LogP contribution in [-0.4, -0.2) is 17.3 Å². The molecule has 0 aliphatic heterocycles. The Morgan fingerprint density at radius 2 is 1.89 bits per heavy atom. The SMILES string of the molecule is Nc1c(CNC2CCC(O)CC2)ccc(Br)c1Br. The summed E-state index contributed by atoms with van der Waals surface area (Å²) in [6.07, 6.45) is 3.78. The molecule has 0 unspecified atom stereocenters. The minimum atomic E-state index is -0.102. The number of hydrogen-bond acceptors (Lipinski definition) is 3. The second kappa shape index (κ2) is 6.37. The lowest BCUT2D eigenvalue weighted by Crippen LogP contribution is -2.34. The second-order valence-corrected chi connectivity index (χ2v) is 6.47. The van der Waals surface area contributed by atoms with Gasteiger partial charge in [-0.3, -0.25) is 0 Å². The Balaban J connectivity index is 1.92. The van der Waals surface area contributed by atoms with Crippen molar-refractivity contribution in [1.82, 2.24) is 5.32 Å². The number of aliphatic hydroxyl groups is 1. The third kappa shape index (κ3) is 3.47. The van der Waals surface area contributed by atoms with Crippen molar-refractivity contribution in [1.29, 1.82) is 0 Å². The molecule has 1 fully saturated rings. The Labute approximate surface area is 124 Å². The van der Waals surface area contributed by atoms with E-state index in [1.807, 2.05) is 12.1 Å². The zero-order chi connectivity index (χ0) is 13.1. The van der Waals surface area contributed by atoms with Crippen molar-refractivity contribution in [3.63, 3.8) is 0 Å². The largest absolute Gasteiger partial charge is 0.398 e. The maximum Gasteiger partial charge on any atom is 0.0550 e. The Bertz CT molecular complexity index is 418. The molecule has 2 rings (SSSR count). The van der Waals surface area contributed by atoms with Gasteiger partial charge in [0.05, 0.1) is 16.3 Å². The summed E-state index contributed by atoms with van der Waals surface area (Å²) in [5.74, 6) is 0. The smallest absolute Gasteiger partial charge is 0.0550 e. The molecule has 3 nitrogen and oxygen atoms in total. The van der Waals surface area contributed by atoms with Crippen LogP contribution in [0.25, 0.3) is 0 Å². The Morgan fingerprint density at radius 1 is 1.22 bits per heavy atom. The van der Waals surface area contributed by atoms with Crippen molar-refractivity contribution in [3.05, 3.63) is 26.6 Å². The summed E-state index contributed by atoms with van der Waals surface area (Å²) in [5, 5.41) is 13.0. The van der Waals surface area contributed by atoms with Gasteiger partial charge in [-0.25, -0.2) is 0 Å². The van der Waals surface area contributed by atoms with Crippen molar-refractivity contribution in [2.24, 2.45) is 0 Å². The molecule has 0 bridgehead atoms. The molecular weight excluding hydrogens is 360 g/mol. The Morgan fingerprint density at radius 3 is 2.56 bits per heavy atom. The van der Waals surface area contributed by atoms with Crippen molar-refractivity contribution in [2.75, 3.05) is 5.73 Å². The third-order valence-electron chi connectivity index (χ3n) is 3.50. The first-order valence-electron chi connectivity index (χ1n) is 6.21. The van der Waals surface area contributed by atoms with Gasteiger partial charge in [0.2, 0.25) is 0 Å². The van der Waals surface area contributed by atoms with E-state index >= 15 is 0 Å². The van der Waals surface area contributed by atoms with E-state index in [9.17, 15) is 5.11 Å². The van der Waals surface area contributed by atoms with Crippen LogP contribution in [0.1, 0.15) is 31.2 Å². The Kier molecular flexibility index (Phi) is 5.06. The fourth-order valence-corrected chi connectivity index (χ4v) is 3.03. The number of aliphatic hydroxyl groups excluding tert-OH is 1. The van der Waals surface area contributed by atoms with Crippen LogP contribution in [0.5, 0.6) is 0 Å². The molecule has 100 valence electrons. The summed E-state index contributed by atoms with van der Waals surface area (Å²) in [7, 11) is 0. The second-order valence-electron chi connectivity index (χ2n) is 4.82. The van der Waals surface area contributed by atoms with Crippen molar-refractivity contribution < 1.29 is 5.11 Å². The van der Waals surface area contributed by atoms with Crippen LogP contribution < -0.4 is 11.1 Å². The van der Waals surface area contributed by atoms with Crippen LogP contribution >= 0.6 is 31.9 Å². The number of benzene rings is 1. The molecule has 5 heteroatoms. The highest BCUT2D eigenvalue weighted by Gasteiger charge is 2.19. The van der Waals surface area contributed by atoms with Crippen LogP contribution in [-0.2, 0) is 6.54 Å². The van der Waals surface area contributed by atoms with Gasteiger partial charge in [-0.2, -0.15) is 0 Å². The summed E-state index contributed by atoms with van der Waals surface area (Å²) in [6, 6.07) is 4.53. The highest BCUT2D eigenvalue weighted by Crippen LogP contribution is 2.31. The molecule has 1 saturated carbocycles. The molecule has 18 heavy (non-hydrogen) atoms. The van der Waals surface area contributed by atoms with E-state index in [0.29, 0.717) is 6.04 Å². The average Bonchev–Trinajstić information content (AvgIpc) is 2.37. The van der Waals surface area contributed by atoms with E-state index in [-0.39, 0.29) is 6.10 Å². The molecule has 1 aromatic carbocycles. The standard InChI is InChI=1S/C13H18Br2N2O/c14-11-6-1-8(13(16)12(11)15)7-17-9-2-4-10(18)5-3-9/h1,6,9-10,17-18H,2-5,7,16H2.